The Hall–Kier alpha value is -3.68. The predicted molar refractivity (Wildman–Crippen MR) is 120 cm³/mol. The summed E-state index contributed by atoms with van der Waals surface area (Å²) in [6.45, 7) is 0.0873. The molecule has 2 N–H and O–H groups in total. The molecular formula is C25H24N2O6. The minimum atomic E-state index is -0.849. The van der Waals surface area contributed by atoms with Gasteiger partial charge in [-0.2, -0.15) is 0 Å². The number of nitrogens with two attached hydrogens (primary N) is 1. The van der Waals surface area contributed by atoms with Crippen molar-refractivity contribution in [2.24, 2.45) is 17.6 Å². The minimum absolute atomic E-state index is 0.0873. The summed E-state index contributed by atoms with van der Waals surface area (Å²) in [5, 5.41) is 0. The van der Waals surface area contributed by atoms with Crippen molar-refractivity contribution in [2.45, 2.75) is 31.8 Å². The van der Waals surface area contributed by atoms with Gasteiger partial charge in [0.2, 0.25) is 6.79 Å². The second-order valence-corrected chi connectivity index (χ2v) is 9.00. The largest absolute Gasteiger partial charge is 0.493 e. The first-order valence-electron chi connectivity index (χ1n) is 11.2. The van der Waals surface area contributed by atoms with Gasteiger partial charge in [-0.3, -0.25) is 4.79 Å². The molecule has 3 unspecified atom stereocenters. The molecule has 2 heterocycles. The average molecular weight is 448 g/mol. The zero-order valence-corrected chi connectivity index (χ0v) is 18.2. The maximum atomic E-state index is 13.1. The van der Waals surface area contributed by atoms with E-state index < -0.39 is 11.9 Å². The number of benzene rings is 2. The number of carbonyl (C=O) groups is 2. The van der Waals surface area contributed by atoms with Crippen molar-refractivity contribution in [2.75, 3.05) is 18.8 Å². The van der Waals surface area contributed by atoms with E-state index in [4.69, 9.17) is 24.7 Å². The molecule has 8 nitrogen and oxygen atoms in total. The molecule has 2 aromatic carbocycles. The van der Waals surface area contributed by atoms with Gasteiger partial charge in [0.05, 0.1) is 18.4 Å². The Morgan fingerprint density at radius 2 is 1.94 bits per heavy atom. The molecule has 2 aromatic rings. The second kappa shape index (κ2) is 7.43. The number of rotatable bonds is 4. The molecule has 2 bridgehead atoms. The molecule has 3 amide bonds. The lowest BCUT2D eigenvalue weighted by Crippen LogP contribution is -2.37. The fourth-order valence-electron chi connectivity index (χ4n) is 5.57. The number of nitrogens with zero attached hydrogens (tertiary/aromatic N) is 1. The number of carbonyl (C=O) groups excluding carboxylic acids is 2. The van der Waals surface area contributed by atoms with Gasteiger partial charge >= 0.3 is 6.03 Å². The highest BCUT2D eigenvalue weighted by Crippen LogP contribution is 2.48. The molecule has 2 fully saturated rings. The third-order valence-corrected chi connectivity index (χ3v) is 7.13. The Kier molecular flexibility index (Phi) is 4.50. The van der Waals surface area contributed by atoms with Crippen molar-refractivity contribution in [3.8, 4) is 23.0 Å². The van der Waals surface area contributed by atoms with Crippen LogP contribution >= 0.6 is 0 Å². The van der Waals surface area contributed by atoms with Crippen molar-refractivity contribution in [1.82, 2.24) is 0 Å². The van der Waals surface area contributed by atoms with Crippen LogP contribution in [0.2, 0.25) is 0 Å². The molecule has 6 rings (SSSR count). The van der Waals surface area contributed by atoms with Gasteiger partial charge in [-0.25, -0.2) is 9.69 Å². The van der Waals surface area contributed by atoms with Gasteiger partial charge in [-0.1, -0.05) is 6.07 Å². The lowest BCUT2D eigenvalue weighted by Gasteiger charge is -2.24. The van der Waals surface area contributed by atoms with E-state index in [1.165, 1.54) is 19.3 Å². The first kappa shape index (κ1) is 20.0. The third kappa shape index (κ3) is 3.20. The highest BCUT2D eigenvalue weighted by atomic mass is 16.7. The summed E-state index contributed by atoms with van der Waals surface area (Å²) in [6.07, 6.45) is 6.75. The number of methoxy groups -OCH3 is 1. The molecule has 4 aliphatic rings. The quantitative estimate of drug-likeness (QED) is 0.711. The van der Waals surface area contributed by atoms with E-state index in [9.17, 15) is 9.59 Å². The van der Waals surface area contributed by atoms with Crippen LogP contribution in [-0.2, 0) is 4.79 Å². The highest BCUT2D eigenvalue weighted by molar-refractivity contribution is 6.42. The van der Waals surface area contributed by atoms with Crippen LogP contribution in [0.4, 0.5) is 10.5 Å². The summed E-state index contributed by atoms with van der Waals surface area (Å²) in [5.74, 6) is 3.17. The molecular weight excluding hydrogens is 424 g/mol. The molecule has 0 saturated heterocycles. The predicted octanol–water partition coefficient (Wildman–Crippen LogP) is 3.96. The number of hydrogen-bond donors (Lipinski definition) is 1. The lowest BCUT2D eigenvalue weighted by molar-refractivity contribution is -0.112. The first-order valence-corrected chi connectivity index (χ1v) is 11.2. The number of anilines is 1. The smallest absolute Gasteiger partial charge is 0.326 e. The number of primary amides is 1. The molecule has 3 atom stereocenters. The van der Waals surface area contributed by atoms with Crippen LogP contribution in [0.3, 0.4) is 0 Å². The number of imide groups is 1. The van der Waals surface area contributed by atoms with E-state index in [1.54, 1.807) is 25.3 Å². The molecule has 33 heavy (non-hydrogen) atoms. The molecule has 170 valence electrons. The van der Waals surface area contributed by atoms with Crippen molar-refractivity contribution < 1.29 is 28.5 Å². The van der Waals surface area contributed by atoms with Gasteiger partial charge in [0.15, 0.2) is 23.0 Å². The molecule has 0 spiro atoms. The standard InChI is InChI=1S/C25H24N2O6/c1-30-19-5-3-14(9-23(19)33-20-8-13-2-4-15(20)6-13)7-17-16-10-21-22(32-12-31-21)11-18(16)27(24(17)28)25(26)29/h3,5,7,9-11,13,15,20H,2,4,6,8,12H2,1H3,(H2,26,29)/b17-7+. The number of amides is 3. The van der Waals surface area contributed by atoms with Crippen LogP contribution in [0, 0.1) is 11.8 Å². The fraction of sp³-hybridized carbons (Fsp3) is 0.360. The second-order valence-electron chi connectivity index (χ2n) is 9.00. The fourth-order valence-corrected chi connectivity index (χ4v) is 5.57. The summed E-state index contributed by atoms with van der Waals surface area (Å²) >= 11 is 0. The summed E-state index contributed by atoms with van der Waals surface area (Å²) in [6, 6.07) is 8.04. The molecule has 8 heteroatoms. The Morgan fingerprint density at radius 1 is 1.12 bits per heavy atom. The van der Waals surface area contributed by atoms with Crippen LogP contribution in [0.5, 0.6) is 23.0 Å². The monoisotopic (exact) mass is 448 g/mol. The van der Waals surface area contributed by atoms with Crippen LogP contribution < -0.4 is 29.6 Å². The van der Waals surface area contributed by atoms with Gasteiger partial charge in [-0.15, -0.1) is 0 Å². The van der Waals surface area contributed by atoms with E-state index in [-0.39, 0.29) is 12.9 Å². The number of urea groups is 1. The summed E-state index contributed by atoms with van der Waals surface area (Å²) in [7, 11) is 1.62. The summed E-state index contributed by atoms with van der Waals surface area (Å²) in [5.41, 5.74) is 7.57. The van der Waals surface area contributed by atoms with Gasteiger partial charge < -0.3 is 24.7 Å². The van der Waals surface area contributed by atoms with Crippen LogP contribution in [0.15, 0.2) is 30.3 Å². The van der Waals surface area contributed by atoms with Crippen molar-refractivity contribution in [3.05, 3.63) is 41.5 Å². The van der Waals surface area contributed by atoms with E-state index in [0.29, 0.717) is 45.7 Å². The van der Waals surface area contributed by atoms with E-state index in [2.05, 4.69) is 0 Å². The van der Waals surface area contributed by atoms with Crippen LogP contribution in [0.25, 0.3) is 11.6 Å². The van der Waals surface area contributed by atoms with Gasteiger partial charge in [0.1, 0.15) is 6.10 Å². The first-order chi connectivity index (χ1) is 16.0. The third-order valence-electron chi connectivity index (χ3n) is 7.13. The Bertz CT molecular complexity index is 1210. The maximum absolute atomic E-state index is 13.1. The Balaban J connectivity index is 1.38. The molecule has 2 aliphatic heterocycles. The number of fused-ring (bicyclic) bond motifs is 4. The topological polar surface area (TPSA) is 100 Å². The van der Waals surface area contributed by atoms with Crippen LogP contribution in [0.1, 0.15) is 36.8 Å². The SMILES string of the molecule is COc1ccc(/C=C2/C(=O)N(C(N)=O)c3cc4c(cc32)OCO4)cc1OC1CC2CCC1C2. The van der Waals surface area contributed by atoms with E-state index >= 15 is 0 Å². The Labute approximate surface area is 190 Å². The van der Waals surface area contributed by atoms with Crippen molar-refractivity contribution in [3.63, 3.8) is 0 Å². The summed E-state index contributed by atoms with van der Waals surface area (Å²) < 4.78 is 22.8. The van der Waals surface area contributed by atoms with Gasteiger partial charge in [0.25, 0.3) is 5.91 Å². The van der Waals surface area contributed by atoms with Crippen molar-refractivity contribution >= 4 is 29.3 Å². The normalized spacial score (nSPS) is 25.6. The highest BCUT2D eigenvalue weighted by Gasteiger charge is 2.41. The summed E-state index contributed by atoms with van der Waals surface area (Å²) in [4.78, 5) is 26.1. The molecule has 0 radical (unpaired) electrons. The lowest BCUT2D eigenvalue weighted by atomic mass is 9.97. The Morgan fingerprint density at radius 3 is 2.64 bits per heavy atom. The molecule has 0 aromatic heterocycles. The molecule has 2 aliphatic carbocycles. The van der Waals surface area contributed by atoms with Crippen LogP contribution in [-0.4, -0.2) is 31.9 Å². The average Bonchev–Trinajstić information content (AvgIpc) is 3.57. The van der Waals surface area contributed by atoms with Crippen molar-refractivity contribution in [1.29, 1.82) is 0 Å². The minimum Gasteiger partial charge on any atom is -0.493 e. The van der Waals surface area contributed by atoms with E-state index in [1.807, 2.05) is 18.2 Å². The van der Waals surface area contributed by atoms with E-state index in [0.717, 1.165) is 22.8 Å². The zero-order chi connectivity index (χ0) is 22.7. The zero-order valence-electron chi connectivity index (χ0n) is 18.2. The number of hydrogen-bond acceptors (Lipinski definition) is 6. The van der Waals surface area contributed by atoms with Gasteiger partial charge in [-0.05, 0) is 67.4 Å². The maximum Gasteiger partial charge on any atom is 0.326 e. The molecule has 2 saturated carbocycles. The van der Waals surface area contributed by atoms with Gasteiger partial charge in [0, 0.05) is 11.6 Å². The number of ether oxygens (including phenoxy) is 4.